The van der Waals surface area contributed by atoms with Crippen LogP contribution in [0.15, 0.2) is 212 Å². The van der Waals surface area contributed by atoms with E-state index < -0.39 is 0 Å². The van der Waals surface area contributed by atoms with Gasteiger partial charge in [0.05, 0.1) is 0 Å². The van der Waals surface area contributed by atoms with Gasteiger partial charge >= 0.3 is 0 Å². The first-order valence-corrected chi connectivity index (χ1v) is 21.4. The highest BCUT2D eigenvalue weighted by atomic mass is 32.1. The molecule has 0 spiro atoms. The lowest BCUT2D eigenvalue weighted by Gasteiger charge is -2.15. The predicted octanol–water partition coefficient (Wildman–Crippen LogP) is 15.7. The summed E-state index contributed by atoms with van der Waals surface area (Å²) in [5.74, 6) is 1.94. The summed E-state index contributed by atoms with van der Waals surface area (Å²) in [5, 5.41) is 9.60. The van der Waals surface area contributed by atoms with Crippen LogP contribution in [0.2, 0.25) is 0 Å². The molecule has 0 N–H and O–H groups in total. The van der Waals surface area contributed by atoms with Gasteiger partial charge < -0.3 is 0 Å². The molecule has 3 nitrogen and oxygen atoms in total. The number of thiophene rings is 1. The van der Waals surface area contributed by atoms with Crippen molar-refractivity contribution < 1.29 is 0 Å². The molecule has 0 aliphatic heterocycles. The van der Waals surface area contributed by atoms with E-state index in [9.17, 15) is 0 Å². The fourth-order valence-electron chi connectivity index (χ4n) is 9.00. The zero-order valence-corrected chi connectivity index (χ0v) is 33.8. The van der Waals surface area contributed by atoms with Gasteiger partial charge in [-0.2, -0.15) is 0 Å². The van der Waals surface area contributed by atoms with Gasteiger partial charge in [0.25, 0.3) is 0 Å². The Morgan fingerprint density at radius 2 is 0.787 bits per heavy atom. The van der Waals surface area contributed by atoms with Crippen molar-refractivity contribution in [3.63, 3.8) is 0 Å². The SMILES string of the molecule is c1ccc(-c2cc(-c3ccc(-c4nc(-c5ccc(-c6cccc7ccccc67)c6ccccc56)nc(-c5cccc6c5sc5ccccc56)n4)cc3)cc3ccccc23)cc1. The molecule has 0 aliphatic rings. The van der Waals surface area contributed by atoms with Crippen LogP contribution in [0.3, 0.4) is 0 Å². The number of hydrogen-bond donors (Lipinski definition) is 0. The summed E-state index contributed by atoms with van der Waals surface area (Å²) in [7, 11) is 0. The first kappa shape index (κ1) is 35.2. The van der Waals surface area contributed by atoms with Crippen LogP contribution in [0, 0.1) is 0 Å². The monoisotopic (exact) mass is 793 g/mol. The van der Waals surface area contributed by atoms with Crippen molar-refractivity contribution in [2.75, 3.05) is 0 Å². The fourth-order valence-corrected chi connectivity index (χ4v) is 10.2. The second-order valence-electron chi connectivity index (χ2n) is 15.5. The molecule has 12 rings (SSSR count). The number of benzene rings is 10. The zero-order valence-electron chi connectivity index (χ0n) is 33.0. The largest absolute Gasteiger partial charge is 0.208 e. The van der Waals surface area contributed by atoms with Gasteiger partial charge in [0.1, 0.15) is 0 Å². The summed E-state index contributed by atoms with van der Waals surface area (Å²) >= 11 is 1.79. The van der Waals surface area contributed by atoms with Crippen LogP contribution < -0.4 is 0 Å². The third-order valence-corrected chi connectivity index (χ3v) is 13.2. The highest BCUT2D eigenvalue weighted by Crippen LogP contribution is 2.42. The van der Waals surface area contributed by atoms with E-state index in [4.69, 9.17) is 15.0 Å². The highest BCUT2D eigenvalue weighted by Gasteiger charge is 2.19. The molecule has 2 aromatic heterocycles. The van der Waals surface area contributed by atoms with Crippen molar-refractivity contribution in [1.29, 1.82) is 0 Å². The molecule has 0 bridgehead atoms. The third kappa shape index (κ3) is 6.07. The van der Waals surface area contributed by atoms with Gasteiger partial charge in [-0.15, -0.1) is 11.3 Å². The molecule has 0 unspecified atom stereocenters. The zero-order chi connectivity index (χ0) is 40.3. The molecule has 4 heteroatoms. The molecular formula is C57H35N3S. The topological polar surface area (TPSA) is 38.7 Å². The molecule has 0 aliphatic carbocycles. The second-order valence-corrected chi connectivity index (χ2v) is 16.6. The van der Waals surface area contributed by atoms with E-state index in [0.717, 1.165) is 38.6 Å². The van der Waals surface area contributed by atoms with Crippen molar-refractivity contribution in [2.45, 2.75) is 0 Å². The lowest BCUT2D eigenvalue weighted by Crippen LogP contribution is -2.01. The van der Waals surface area contributed by atoms with Crippen LogP contribution in [-0.2, 0) is 0 Å². The van der Waals surface area contributed by atoms with Crippen molar-refractivity contribution >= 4 is 63.8 Å². The number of aromatic nitrogens is 3. The van der Waals surface area contributed by atoms with Crippen LogP contribution in [0.5, 0.6) is 0 Å². The van der Waals surface area contributed by atoms with E-state index in [1.54, 1.807) is 11.3 Å². The van der Waals surface area contributed by atoms with Crippen molar-refractivity contribution in [3.05, 3.63) is 212 Å². The first-order valence-electron chi connectivity index (χ1n) is 20.6. The Labute approximate surface area is 356 Å². The maximum atomic E-state index is 5.34. The minimum atomic E-state index is 0.635. The third-order valence-electron chi connectivity index (χ3n) is 11.9. The summed E-state index contributed by atoms with van der Waals surface area (Å²) in [6.07, 6.45) is 0. The predicted molar refractivity (Wildman–Crippen MR) is 258 cm³/mol. The Kier molecular flexibility index (Phi) is 8.36. The number of fused-ring (bicyclic) bond motifs is 6. The summed E-state index contributed by atoms with van der Waals surface area (Å²) < 4.78 is 2.41. The van der Waals surface area contributed by atoms with Crippen LogP contribution in [0.4, 0.5) is 0 Å². The molecule has 10 aromatic carbocycles. The van der Waals surface area contributed by atoms with Crippen LogP contribution in [0.25, 0.3) is 120 Å². The summed E-state index contributed by atoms with van der Waals surface area (Å²) in [6.45, 7) is 0. The van der Waals surface area contributed by atoms with Crippen LogP contribution in [-0.4, -0.2) is 15.0 Å². The van der Waals surface area contributed by atoms with Crippen molar-refractivity contribution in [3.8, 4) is 67.5 Å². The van der Waals surface area contributed by atoms with E-state index in [-0.39, 0.29) is 0 Å². The van der Waals surface area contributed by atoms with E-state index in [1.165, 1.54) is 64.0 Å². The molecule has 0 saturated heterocycles. The molecule has 284 valence electrons. The molecule has 0 atom stereocenters. The van der Waals surface area contributed by atoms with E-state index in [1.807, 2.05) is 0 Å². The fraction of sp³-hybridized carbons (Fsp3) is 0. The quantitative estimate of drug-likeness (QED) is 0.168. The summed E-state index contributed by atoms with van der Waals surface area (Å²) in [5.41, 5.74) is 10.00. The minimum absolute atomic E-state index is 0.635. The minimum Gasteiger partial charge on any atom is -0.208 e. The van der Waals surface area contributed by atoms with Gasteiger partial charge in [-0.1, -0.05) is 182 Å². The van der Waals surface area contributed by atoms with Gasteiger partial charge in [-0.05, 0) is 96.0 Å². The van der Waals surface area contributed by atoms with Gasteiger partial charge in [0.15, 0.2) is 17.5 Å². The lowest BCUT2D eigenvalue weighted by atomic mass is 9.92. The molecule has 61 heavy (non-hydrogen) atoms. The normalized spacial score (nSPS) is 11.6. The van der Waals surface area contributed by atoms with Crippen molar-refractivity contribution in [2.24, 2.45) is 0 Å². The maximum Gasteiger partial charge on any atom is 0.165 e. The molecule has 0 radical (unpaired) electrons. The highest BCUT2D eigenvalue weighted by molar-refractivity contribution is 7.26. The Balaban J connectivity index is 1.03. The Hall–Kier alpha value is -7.79. The Morgan fingerprint density at radius 3 is 1.59 bits per heavy atom. The Bertz CT molecular complexity index is 3640. The van der Waals surface area contributed by atoms with E-state index in [2.05, 4.69) is 212 Å². The van der Waals surface area contributed by atoms with Crippen molar-refractivity contribution in [1.82, 2.24) is 15.0 Å². The number of nitrogens with zero attached hydrogens (tertiary/aromatic N) is 3. The van der Waals surface area contributed by atoms with Crippen LogP contribution >= 0.6 is 11.3 Å². The Morgan fingerprint density at radius 1 is 0.262 bits per heavy atom. The molecular weight excluding hydrogens is 759 g/mol. The van der Waals surface area contributed by atoms with Gasteiger partial charge in [-0.25, -0.2) is 15.0 Å². The second kappa shape index (κ2) is 14.5. The molecule has 0 fully saturated rings. The molecule has 0 saturated carbocycles. The maximum absolute atomic E-state index is 5.34. The smallest absolute Gasteiger partial charge is 0.165 e. The van der Waals surface area contributed by atoms with Gasteiger partial charge in [0.2, 0.25) is 0 Å². The molecule has 0 amide bonds. The summed E-state index contributed by atoms with van der Waals surface area (Å²) in [4.78, 5) is 15.9. The molecule has 12 aromatic rings. The molecule has 2 heterocycles. The lowest BCUT2D eigenvalue weighted by molar-refractivity contribution is 1.08. The van der Waals surface area contributed by atoms with E-state index >= 15 is 0 Å². The number of hydrogen-bond acceptors (Lipinski definition) is 4. The average molecular weight is 794 g/mol. The first-order chi connectivity index (χ1) is 30.2. The summed E-state index contributed by atoms with van der Waals surface area (Å²) in [6, 6.07) is 75.8. The van der Waals surface area contributed by atoms with Gasteiger partial charge in [0, 0.05) is 36.9 Å². The number of rotatable bonds is 6. The van der Waals surface area contributed by atoms with E-state index in [0.29, 0.717) is 17.5 Å². The van der Waals surface area contributed by atoms with Gasteiger partial charge in [-0.3, -0.25) is 0 Å². The average Bonchev–Trinajstić information content (AvgIpc) is 3.72. The van der Waals surface area contributed by atoms with Crippen LogP contribution in [0.1, 0.15) is 0 Å². The standard InChI is InChI=1S/C57H35N3S/c1-2-14-38(15-3-1)52-35-41(34-40-17-5-7-20-43(40)52)36-28-30-39(31-29-36)55-58-56(60-57(59-55)51-26-13-25-49-48-23-10-11-27-53(48)61-54(49)51)50-33-32-47(45-21-8-9-22-46(45)50)44-24-12-18-37-16-4-6-19-42(37)44/h1-35H.